The normalized spacial score (nSPS) is 10.6. The van der Waals surface area contributed by atoms with Crippen LogP contribution < -0.4 is 0 Å². The van der Waals surface area contributed by atoms with E-state index in [0.717, 1.165) is 17.0 Å². The van der Waals surface area contributed by atoms with Gasteiger partial charge in [-0.25, -0.2) is 9.97 Å². The molecule has 0 amide bonds. The average molecular weight is 220 g/mol. The molecule has 0 saturated heterocycles. The summed E-state index contributed by atoms with van der Waals surface area (Å²) in [6.45, 7) is 1.99. The van der Waals surface area contributed by atoms with Gasteiger partial charge in [0.1, 0.15) is 0 Å². The molecule has 82 valence electrons. The number of fused-ring (bicyclic) bond motifs is 1. The van der Waals surface area contributed by atoms with Crippen molar-refractivity contribution in [3.63, 3.8) is 0 Å². The highest BCUT2D eigenvalue weighted by molar-refractivity contribution is 5.94. The monoisotopic (exact) mass is 220 g/mol. The first-order chi connectivity index (χ1) is 8.34. The standard InChI is InChI=1S/C15H12N2/c1-11-9-16-15(17-10-11)14-8-4-6-12-5-2-3-7-13(12)14/h2-10H,1H3. The molecule has 1 aromatic heterocycles. The van der Waals surface area contributed by atoms with Gasteiger partial charge in [0.05, 0.1) is 0 Å². The van der Waals surface area contributed by atoms with E-state index in [1.807, 2.05) is 37.5 Å². The van der Waals surface area contributed by atoms with Gasteiger partial charge in [-0.05, 0) is 23.3 Å². The molecular weight excluding hydrogens is 208 g/mol. The minimum atomic E-state index is 0.785. The molecule has 2 heteroatoms. The summed E-state index contributed by atoms with van der Waals surface area (Å²) in [5.41, 5.74) is 2.16. The zero-order chi connectivity index (χ0) is 11.7. The van der Waals surface area contributed by atoms with E-state index in [1.165, 1.54) is 10.8 Å². The van der Waals surface area contributed by atoms with Crippen molar-refractivity contribution in [2.45, 2.75) is 6.92 Å². The van der Waals surface area contributed by atoms with Crippen LogP contribution in [-0.4, -0.2) is 9.97 Å². The Morgan fingerprint density at radius 1 is 0.824 bits per heavy atom. The zero-order valence-electron chi connectivity index (χ0n) is 9.59. The first-order valence-corrected chi connectivity index (χ1v) is 5.61. The summed E-state index contributed by atoms with van der Waals surface area (Å²) in [5, 5.41) is 2.41. The molecule has 0 N–H and O–H groups in total. The third kappa shape index (κ3) is 1.78. The predicted molar refractivity (Wildman–Crippen MR) is 69.7 cm³/mol. The topological polar surface area (TPSA) is 25.8 Å². The van der Waals surface area contributed by atoms with Crippen LogP contribution in [0.5, 0.6) is 0 Å². The Kier molecular flexibility index (Phi) is 2.33. The van der Waals surface area contributed by atoms with Crippen LogP contribution in [0.25, 0.3) is 22.2 Å². The van der Waals surface area contributed by atoms with E-state index in [-0.39, 0.29) is 0 Å². The van der Waals surface area contributed by atoms with Gasteiger partial charge in [-0.3, -0.25) is 0 Å². The van der Waals surface area contributed by atoms with Crippen LogP contribution in [-0.2, 0) is 0 Å². The highest BCUT2D eigenvalue weighted by atomic mass is 14.9. The number of benzene rings is 2. The molecule has 17 heavy (non-hydrogen) atoms. The van der Waals surface area contributed by atoms with Gasteiger partial charge >= 0.3 is 0 Å². The predicted octanol–water partition coefficient (Wildman–Crippen LogP) is 3.61. The van der Waals surface area contributed by atoms with E-state index in [9.17, 15) is 0 Å². The fourth-order valence-electron chi connectivity index (χ4n) is 1.95. The number of aromatic nitrogens is 2. The second-order valence-corrected chi connectivity index (χ2v) is 4.11. The molecule has 3 rings (SSSR count). The van der Waals surface area contributed by atoms with Crippen molar-refractivity contribution < 1.29 is 0 Å². The van der Waals surface area contributed by atoms with Crippen LogP contribution >= 0.6 is 0 Å². The van der Waals surface area contributed by atoms with E-state index >= 15 is 0 Å². The van der Waals surface area contributed by atoms with Crippen LogP contribution in [0, 0.1) is 6.92 Å². The van der Waals surface area contributed by atoms with Crippen molar-refractivity contribution in [2.24, 2.45) is 0 Å². The second kappa shape index (κ2) is 3.98. The maximum absolute atomic E-state index is 4.39. The Labute approximate surface area is 100.0 Å². The van der Waals surface area contributed by atoms with Gasteiger partial charge in [0.2, 0.25) is 0 Å². The summed E-state index contributed by atoms with van der Waals surface area (Å²) >= 11 is 0. The maximum atomic E-state index is 4.39. The SMILES string of the molecule is Cc1cnc(-c2cccc3ccccc23)nc1. The smallest absolute Gasteiger partial charge is 0.159 e. The summed E-state index contributed by atoms with van der Waals surface area (Å²) in [5.74, 6) is 0.785. The Morgan fingerprint density at radius 2 is 1.53 bits per heavy atom. The molecule has 0 fully saturated rings. The van der Waals surface area contributed by atoms with Gasteiger partial charge in [0.15, 0.2) is 5.82 Å². The van der Waals surface area contributed by atoms with Crippen molar-refractivity contribution in [1.82, 2.24) is 9.97 Å². The fraction of sp³-hybridized carbons (Fsp3) is 0.0667. The summed E-state index contributed by atoms with van der Waals surface area (Å²) < 4.78 is 0. The van der Waals surface area contributed by atoms with E-state index in [1.54, 1.807) is 0 Å². The highest BCUT2D eigenvalue weighted by Gasteiger charge is 2.04. The van der Waals surface area contributed by atoms with Crippen molar-refractivity contribution in [1.29, 1.82) is 0 Å². The molecule has 3 aromatic rings. The molecule has 0 atom stereocenters. The molecule has 0 aliphatic heterocycles. The number of rotatable bonds is 1. The fourth-order valence-corrected chi connectivity index (χ4v) is 1.95. The lowest BCUT2D eigenvalue weighted by Crippen LogP contribution is -1.90. The van der Waals surface area contributed by atoms with E-state index in [4.69, 9.17) is 0 Å². The molecule has 0 aliphatic carbocycles. The Hall–Kier alpha value is -2.22. The van der Waals surface area contributed by atoms with Crippen LogP contribution in [0.1, 0.15) is 5.56 Å². The van der Waals surface area contributed by atoms with Gasteiger partial charge < -0.3 is 0 Å². The molecule has 0 unspecified atom stereocenters. The molecule has 1 heterocycles. The van der Waals surface area contributed by atoms with E-state index in [2.05, 4.69) is 34.2 Å². The molecule has 0 saturated carbocycles. The molecule has 0 bridgehead atoms. The molecule has 2 aromatic carbocycles. The van der Waals surface area contributed by atoms with E-state index < -0.39 is 0 Å². The first-order valence-electron chi connectivity index (χ1n) is 5.61. The second-order valence-electron chi connectivity index (χ2n) is 4.11. The van der Waals surface area contributed by atoms with Crippen molar-refractivity contribution in [3.8, 4) is 11.4 Å². The maximum Gasteiger partial charge on any atom is 0.159 e. The Morgan fingerprint density at radius 3 is 2.35 bits per heavy atom. The third-order valence-electron chi connectivity index (χ3n) is 2.81. The van der Waals surface area contributed by atoms with Gasteiger partial charge in [0, 0.05) is 18.0 Å². The number of nitrogens with zero attached hydrogens (tertiary/aromatic N) is 2. The van der Waals surface area contributed by atoms with Crippen LogP contribution in [0.15, 0.2) is 54.9 Å². The quantitative estimate of drug-likeness (QED) is 0.626. The molecule has 0 spiro atoms. The van der Waals surface area contributed by atoms with Crippen LogP contribution in [0.2, 0.25) is 0 Å². The highest BCUT2D eigenvalue weighted by Crippen LogP contribution is 2.25. The minimum Gasteiger partial charge on any atom is -0.236 e. The summed E-state index contributed by atoms with van der Waals surface area (Å²) in [7, 11) is 0. The molecule has 0 aliphatic rings. The van der Waals surface area contributed by atoms with E-state index in [0.29, 0.717) is 0 Å². The lowest BCUT2D eigenvalue weighted by molar-refractivity contribution is 1.14. The summed E-state index contributed by atoms with van der Waals surface area (Å²) in [4.78, 5) is 8.78. The Balaban J connectivity index is 2.27. The molecule has 0 radical (unpaired) electrons. The largest absolute Gasteiger partial charge is 0.236 e. The number of hydrogen-bond acceptors (Lipinski definition) is 2. The first kappa shape index (κ1) is 9.97. The van der Waals surface area contributed by atoms with Crippen LogP contribution in [0.3, 0.4) is 0 Å². The molecular formula is C15H12N2. The van der Waals surface area contributed by atoms with Crippen molar-refractivity contribution in [2.75, 3.05) is 0 Å². The third-order valence-corrected chi connectivity index (χ3v) is 2.81. The summed E-state index contributed by atoms with van der Waals surface area (Å²) in [6, 6.07) is 14.5. The lowest BCUT2D eigenvalue weighted by atomic mass is 10.0. The molecule has 2 nitrogen and oxygen atoms in total. The lowest BCUT2D eigenvalue weighted by Gasteiger charge is -2.05. The van der Waals surface area contributed by atoms with Crippen molar-refractivity contribution >= 4 is 10.8 Å². The van der Waals surface area contributed by atoms with Gasteiger partial charge in [-0.15, -0.1) is 0 Å². The Bertz CT molecular complexity index is 652. The van der Waals surface area contributed by atoms with Gasteiger partial charge in [-0.1, -0.05) is 42.5 Å². The van der Waals surface area contributed by atoms with Crippen LogP contribution in [0.4, 0.5) is 0 Å². The van der Waals surface area contributed by atoms with Crippen molar-refractivity contribution in [3.05, 3.63) is 60.4 Å². The van der Waals surface area contributed by atoms with Gasteiger partial charge in [-0.2, -0.15) is 0 Å². The number of hydrogen-bond donors (Lipinski definition) is 0. The van der Waals surface area contributed by atoms with Gasteiger partial charge in [0.25, 0.3) is 0 Å². The summed E-state index contributed by atoms with van der Waals surface area (Å²) in [6.07, 6.45) is 3.70. The minimum absolute atomic E-state index is 0.785. The number of aryl methyl sites for hydroxylation is 1. The zero-order valence-corrected chi connectivity index (χ0v) is 9.59. The average Bonchev–Trinajstić information content (AvgIpc) is 2.39.